The molecule has 5 rings (SSSR count). The molecule has 51 heavy (non-hydrogen) atoms. The largest absolute Gasteiger partial charge is 0.491 e. The third-order valence-electron chi connectivity index (χ3n) is 9.98. The Bertz CT molecular complexity index is 1680. The molecule has 1 aliphatic heterocycles. The lowest BCUT2D eigenvalue weighted by molar-refractivity contribution is -0.139. The minimum absolute atomic E-state index is 0.0195. The predicted molar refractivity (Wildman–Crippen MR) is 194 cm³/mol. The molecule has 3 N–H and O–H groups in total. The van der Waals surface area contributed by atoms with Crippen molar-refractivity contribution in [3.05, 3.63) is 102 Å². The van der Waals surface area contributed by atoms with Gasteiger partial charge in [-0.05, 0) is 62.3 Å². The summed E-state index contributed by atoms with van der Waals surface area (Å²) in [6.07, 6.45) is 3.36. The molecule has 270 valence electrons. The van der Waals surface area contributed by atoms with Gasteiger partial charge in [-0.3, -0.25) is 24.0 Å². The molecule has 1 aliphatic carbocycles. The smallest absolute Gasteiger partial charge is 0.255 e. The maximum Gasteiger partial charge on any atom is 0.255 e. The topological polar surface area (TPSA) is 137 Å². The van der Waals surface area contributed by atoms with Crippen LogP contribution in [0.5, 0.6) is 5.75 Å². The van der Waals surface area contributed by atoms with Crippen LogP contribution in [0.25, 0.3) is 0 Å². The van der Waals surface area contributed by atoms with Crippen molar-refractivity contribution in [1.29, 1.82) is 0 Å². The summed E-state index contributed by atoms with van der Waals surface area (Å²) in [5.74, 6) is -1.68. The van der Waals surface area contributed by atoms with Crippen LogP contribution in [0.3, 0.4) is 0 Å². The van der Waals surface area contributed by atoms with Crippen LogP contribution in [0.15, 0.2) is 84.9 Å². The number of carbonyl (C=O) groups is 5. The van der Waals surface area contributed by atoms with Crippen LogP contribution in [-0.2, 0) is 32.0 Å². The van der Waals surface area contributed by atoms with Crippen LogP contribution in [0.1, 0.15) is 66.9 Å². The van der Waals surface area contributed by atoms with Crippen LogP contribution in [-0.4, -0.2) is 90.2 Å². The Labute approximate surface area is 300 Å². The van der Waals surface area contributed by atoms with Crippen molar-refractivity contribution in [2.45, 2.75) is 82.0 Å². The first-order valence-electron chi connectivity index (χ1n) is 17.8. The fourth-order valence-corrected chi connectivity index (χ4v) is 6.85. The Kier molecular flexibility index (Phi) is 12.5. The molecule has 1 heterocycles. The van der Waals surface area contributed by atoms with Gasteiger partial charge in [0.1, 0.15) is 30.0 Å². The summed E-state index contributed by atoms with van der Waals surface area (Å²) in [6.45, 7) is 2.12. The van der Waals surface area contributed by atoms with E-state index in [2.05, 4.69) is 16.0 Å². The normalized spacial score (nSPS) is 21.7. The van der Waals surface area contributed by atoms with E-state index in [1.807, 2.05) is 60.7 Å². The summed E-state index contributed by atoms with van der Waals surface area (Å²) in [4.78, 5) is 72.0. The highest BCUT2D eigenvalue weighted by atomic mass is 16.5. The molecule has 3 atom stereocenters. The molecule has 0 radical (unpaired) electrons. The number of rotatable bonds is 6. The summed E-state index contributed by atoms with van der Waals surface area (Å²) in [6, 6.07) is 23.9. The van der Waals surface area contributed by atoms with E-state index in [1.54, 1.807) is 55.1 Å². The quantitative estimate of drug-likeness (QED) is 0.360. The molecule has 11 nitrogen and oxygen atoms in total. The van der Waals surface area contributed by atoms with Gasteiger partial charge in [0, 0.05) is 27.1 Å². The monoisotopic (exact) mass is 695 g/mol. The van der Waals surface area contributed by atoms with Crippen LogP contribution >= 0.6 is 0 Å². The zero-order chi connectivity index (χ0) is 36.4. The van der Waals surface area contributed by atoms with Gasteiger partial charge in [0.25, 0.3) is 5.91 Å². The number of amides is 5. The maximum absolute atomic E-state index is 13.9. The van der Waals surface area contributed by atoms with Gasteiger partial charge in [-0.1, -0.05) is 85.6 Å². The van der Waals surface area contributed by atoms with E-state index < -0.39 is 41.4 Å². The zero-order valence-electron chi connectivity index (χ0n) is 29.7. The van der Waals surface area contributed by atoms with Gasteiger partial charge in [0.05, 0.1) is 11.6 Å². The van der Waals surface area contributed by atoms with Crippen molar-refractivity contribution >= 4 is 29.5 Å². The van der Waals surface area contributed by atoms with Crippen LogP contribution in [0, 0.1) is 0 Å². The van der Waals surface area contributed by atoms with Gasteiger partial charge in [-0.15, -0.1) is 0 Å². The van der Waals surface area contributed by atoms with E-state index in [0.29, 0.717) is 38.0 Å². The molecule has 0 saturated heterocycles. The molecule has 5 amide bonds. The molecule has 0 bridgehead atoms. The van der Waals surface area contributed by atoms with Gasteiger partial charge in [0.15, 0.2) is 0 Å². The summed E-state index contributed by atoms with van der Waals surface area (Å²) in [5.41, 5.74) is 1.12. The highest BCUT2D eigenvalue weighted by Gasteiger charge is 2.44. The zero-order valence-corrected chi connectivity index (χ0v) is 29.7. The number of nitrogens with zero attached hydrogens (tertiary/aromatic N) is 2. The second-order valence-electron chi connectivity index (χ2n) is 13.7. The molecule has 0 unspecified atom stereocenters. The third kappa shape index (κ3) is 9.53. The van der Waals surface area contributed by atoms with E-state index in [9.17, 15) is 24.0 Å². The van der Waals surface area contributed by atoms with E-state index in [4.69, 9.17) is 4.74 Å². The number of likely N-dealkylation sites (N-methyl/N-ethyl adjacent to an activating group) is 2. The third-order valence-corrected chi connectivity index (χ3v) is 9.98. The van der Waals surface area contributed by atoms with Crippen molar-refractivity contribution in [2.24, 2.45) is 0 Å². The Hall–Kier alpha value is -5.19. The molecular formula is C40H49N5O6. The molecule has 1 spiro atoms. The summed E-state index contributed by atoms with van der Waals surface area (Å²) < 4.78 is 6.29. The van der Waals surface area contributed by atoms with E-state index >= 15 is 0 Å². The fourth-order valence-electron chi connectivity index (χ4n) is 6.85. The maximum atomic E-state index is 13.9. The first kappa shape index (κ1) is 37.1. The second kappa shape index (κ2) is 17.2. The average molecular weight is 696 g/mol. The van der Waals surface area contributed by atoms with Gasteiger partial charge in [-0.2, -0.15) is 0 Å². The van der Waals surface area contributed by atoms with E-state index in [-0.39, 0.29) is 36.8 Å². The number of benzene rings is 3. The van der Waals surface area contributed by atoms with Gasteiger partial charge >= 0.3 is 0 Å². The van der Waals surface area contributed by atoms with Gasteiger partial charge in [-0.25, -0.2) is 0 Å². The number of ether oxygens (including phenoxy) is 1. The minimum Gasteiger partial charge on any atom is -0.491 e. The number of para-hydroxylation sites is 1. The first-order valence-corrected chi connectivity index (χ1v) is 17.8. The first-order chi connectivity index (χ1) is 24.6. The average Bonchev–Trinajstić information content (AvgIpc) is 3.63. The van der Waals surface area contributed by atoms with Crippen LogP contribution in [0.2, 0.25) is 0 Å². The van der Waals surface area contributed by atoms with Crippen molar-refractivity contribution in [3.8, 4) is 5.75 Å². The second-order valence-corrected chi connectivity index (χ2v) is 13.7. The highest BCUT2D eigenvalue weighted by molar-refractivity contribution is 6.00. The lowest BCUT2D eigenvalue weighted by Gasteiger charge is -2.34. The Morgan fingerprint density at radius 2 is 1.51 bits per heavy atom. The molecule has 11 heteroatoms. The number of hydrogen-bond donors (Lipinski definition) is 3. The number of fused-ring (bicyclic) bond motifs is 1. The van der Waals surface area contributed by atoms with Gasteiger partial charge < -0.3 is 30.5 Å². The van der Waals surface area contributed by atoms with Crippen LogP contribution in [0.4, 0.5) is 0 Å². The highest BCUT2D eigenvalue weighted by Crippen LogP contribution is 2.30. The standard InChI is InChI=1S/C40H49N5O6/c1-28-37(48)45(3)31(26-30-16-8-5-9-17-30)27-51-34-19-11-10-18-32(34)36(47)42-33(38(49)44(2)25-22-29-14-6-4-7-15-29)20-21-35(46)43-40(39(50)41-28)23-12-13-24-40/h4-11,14-19,28,31,33H,12-13,20-27H2,1-3H3,(H,41,50)(H,42,47)(H,43,46)/t28-,31-,33-/m0/s1. The number of nitrogens with one attached hydrogen (secondary N) is 3. The minimum atomic E-state index is -1.17. The Morgan fingerprint density at radius 1 is 0.882 bits per heavy atom. The van der Waals surface area contributed by atoms with Crippen molar-refractivity contribution in [2.75, 3.05) is 27.2 Å². The van der Waals surface area contributed by atoms with Crippen molar-refractivity contribution in [3.63, 3.8) is 0 Å². The number of carbonyl (C=O) groups excluding carboxylic acids is 5. The van der Waals surface area contributed by atoms with Crippen LogP contribution < -0.4 is 20.7 Å². The summed E-state index contributed by atoms with van der Waals surface area (Å²) in [5, 5.41) is 8.74. The fraction of sp³-hybridized carbons (Fsp3) is 0.425. The molecule has 2 aliphatic rings. The van der Waals surface area contributed by atoms with Crippen molar-refractivity contribution < 1.29 is 28.7 Å². The summed E-state index contributed by atoms with van der Waals surface area (Å²) in [7, 11) is 3.36. The molecule has 0 aromatic heterocycles. The lowest BCUT2D eigenvalue weighted by atomic mass is 9.95. The molecule has 1 fully saturated rings. The summed E-state index contributed by atoms with van der Waals surface area (Å²) >= 11 is 0. The molecular weight excluding hydrogens is 646 g/mol. The Balaban J connectivity index is 1.45. The molecule has 3 aromatic rings. The Morgan fingerprint density at radius 3 is 2.20 bits per heavy atom. The lowest BCUT2D eigenvalue weighted by Crippen LogP contribution is -2.61. The number of hydrogen-bond acceptors (Lipinski definition) is 6. The van der Waals surface area contributed by atoms with Crippen molar-refractivity contribution in [1.82, 2.24) is 25.8 Å². The van der Waals surface area contributed by atoms with E-state index in [0.717, 1.165) is 24.0 Å². The predicted octanol–water partition coefficient (Wildman–Crippen LogP) is 3.66. The SMILES string of the molecule is C[C@@H]1NC(=O)C2(CCCC2)NC(=O)CC[C@@H](C(=O)N(C)CCc2ccccc2)NC(=O)c2ccccc2OC[C@H](Cc2ccccc2)N(C)C1=O. The molecule has 3 aromatic carbocycles. The van der Waals surface area contributed by atoms with Gasteiger partial charge in [0.2, 0.25) is 23.6 Å². The molecule has 1 saturated carbocycles. The van der Waals surface area contributed by atoms with E-state index in [1.165, 1.54) is 0 Å².